The number of hydrogen-bond acceptors (Lipinski definition) is 1. The zero-order valence-electron chi connectivity index (χ0n) is 13.2. The van der Waals surface area contributed by atoms with Gasteiger partial charge in [0.1, 0.15) is 6.10 Å². The third-order valence-electron chi connectivity index (χ3n) is 3.97. The zero-order valence-corrected chi connectivity index (χ0v) is 14.0. The van der Waals surface area contributed by atoms with Crippen LogP contribution in [-0.2, 0) is 4.74 Å². The van der Waals surface area contributed by atoms with Gasteiger partial charge in [0.15, 0.2) is 0 Å². The van der Waals surface area contributed by atoms with Crippen LogP contribution in [0.25, 0.3) is 0 Å². The molecule has 2 rings (SSSR count). The Morgan fingerprint density at radius 2 is 1.19 bits per heavy atom. The quantitative estimate of drug-likeness (QED) is 0.684. The van der Waals surface area contributed by atoms with Crippen LogP contribution in [0.4, 0.5) is 0 Å². The summed E-state index contributed by atoms with van der Waals surface area (Å²) in [6.07, 6.45) is -0.0499. The molecule has 0 fully saturated rings. The van der Waals surface area contributed by atoms with E-state index in [1.807, 2.05) is 0 Å². The van der Waals surface area contributed by atoms with E-state index in [0.717, 1.165) is 0 Å². The molecule has 112 valence electrons. The summed E-state index contributed by atoms with van der Waals surface area (Å²) in [7, 11) is 0. The molecule has 0 atom stereocenters. The first kappa shape index (κ1) is 16.1. The van der Waals surface area contributed by atoms with Gasteiger partial charge >= 0.3 is 0 Å². The molecule has 0 aliphatic carbocycles. The van der Waals surface area contributed by atoms with Gasteiger partial charge in [-0.3, -0.25) is 0 Å². The van der Waals surface area contributed by atoms with Crippen molar-refractivity contribution in [3.05, 3.63) is 69.8 Å². The number of benzene rings is 2. The van der Waals surface area contributed by atoms with E-state index in [1.165, 1.54) is 33.4 Å². The van der Waals surface area contributed by atoms with Crippen molar-refractivity contribution in [3.8, 4) is 0 Å². The van der Waals surface area contributed by atoms with E-state index >= 15 is 0 Å². The molecule has 0 N–H and O–H groups in total. The van der Waals surface area contributed by atoms with Crippen LogP contribution in [0.1, 0.15) is 39.5 Å². The molecular formula is C19H23ClO. The molecule has 1 nitrogen and oxygen atoms in total. The Bertz CT molecular complexity index is 527. The average Bonchev–Trinajstić information content (AvgIpc) is 2.43. The van der Waals surface area contributed by atoms with Crippen LogP contribution < -0.4 is 0 Å². The van der Waals surface area contributed by atoms with Crippen molar-refractivity contribution in [1.29, 1.82) is 0 Å². The summed E-state index contributed by atoms with van der Waals surface area (Å²) in [6.45, 7) is 9.13. The largest absolute Gasteiger partial charge is 0.368 e. The van der Waals surface area contributed by atoms with Gasteiger partial charge in [0, 0.05) is 5.88 Å². The van der Waals surface area contributed by atoms with Crippen molar-refractivity contribution >= 4 is 11.6 Å². The van der Waals surface area contributed by atoms with Crippen molar-refractivity contribution in [2.75, 3.05) is 12.5 Å². The fourth-order valence-corrected chi connectivity index (χ4v) is 3.04. The first-order valence-corrected chi connectivity index (χ1v) is 7.89. The molecule has 0 aliphatic rings. The summed E-state index contributed by atoms with van der Waals surface area (Å²) in [4.78, 5) is 0. The predicted octanol–water partition coefficient (Wildman–Crippen LogP) is 5.27. The number of aryl methyl sites for hydroxylation is 4. The smallest absolute Gasteiger partial charge is 0.109 e. The van der Waals surface area contributed by atoms with Gasteiger partial charge in [-0.05, 0) is 61.1 Å². The minimum Gasteiger partial charge on any atom is -0.368 e. The molecule has 0 heterocycles. The Morgan fingerprint density at radius 1 is 0.810 bits per heavy atom. The number of rotatable bonds is 5. The lowest BCUT2D eigenvalue weighted by Gasteiger charge is -2.25. The molecule has 2 aromatic rings. The molecule has 0 aromatic heterocycles. The summed E-state index contributed by atoms with van der Waals surface area (Å²) < 4.78 is 6.15. The van der Waals surface area contributed by atoms with Crippen LogP contribution >= 0.6 is 11.6 Å². The average molecular weight is 303 g/mol. The number of alkyl halides is 1. The predicted molar refractivity (Wildman–Crippen MR) is 90.3 cm³/mol. The first-order chi connectivity index (χ1) is 10.1. The molecular weight excluding hydrogens is 280 g/mol. The lowest BCUT2D eigenvalue weighted by Crippen LogP contribution is -2.14. The molecule has 2 heteroatoms. The van der Waals surface area contributed by atoms with Gasteiger partial charge < -0.3 is 4.74 Å². The van der Waals surface area contributed by atoms with Crippen LogP contribution in [0, 0.1) is 27.7 Å². The van der Waals surface area contributed by atoms with Crippen LogP contribution in [0.15, 0.2) is 36.4 Å². The maximum absolute atomic E-state index is 6.15. The van der Waals surface area contributed by atoms with Crippen molar-refractivity contribution in [2.45, 2.75) is 33.8 Å². The third-order valence-corrected chi connectivity index (χ3v) is 4.12. The van der Waals surface area contributed by atoms with Gasteiger partial charge in [0.25, 0.3) is 0 Å². The summed E-state index contributed by atoms with van der Waals surface area (Å²) in [5.41, 5.74) is 7.57. The van der Waals surface area contributed by atoms with Crippen molar-refractivity contribution in [3.63, 3.8) is 0 Å². The minimum absolute atomic E-state index is 0.0499. The molecule has 0 aliphatic heterocycles. The second kappa shape index (κ2) is 7.11. The van der Waals surface area contributed by atoms with Gasteiger partial charge in [0.05, 0.1) is 6.61 Å². The van der Waals surface area contributed by atoms with Gasteiger partial charge in [0.2, 0.25) is 0 Å². The summed E-state index contributed by atoms with van der Waals surface area (Å²) >= 11 is 5.85. The second-order valence-electron chi connectivity index (χ2n) is 5.55. The number of hydrogen-bond donors (Lipinski definition) is 0. The molecule has 0 saturated carbocycles. The van der Waals surface area contributed by atoms with Gasteiger partial charge in [-0.1, -0.05) is 36.4 Å². The summed E-state index contributed by atoms with van der Waals surface area (Å²) in [5.74, 6) is 0.506. The molecule has 0 amide bonds. The van der Waals surface area contributed by atoms with E-state index in [9.17, 15) is 0 Å². The van der Waals surface area contributed by atoms with Crippen LogP contribution in [-0.4, -0.2) is 12.5 Å². The van der Waals surface area contributed by atoms with Crippen molar-refractivity contribution in [2.24, 2.45) is 0 Å². The van der Waals surface area contributed by atoms with E-state index in [0.29, 0.717) is 12.5 Å². The highest BCUT2D eigenvalue weighted by molar-refractivity contribution is 6.17. The first-order valence-electron chi connectivity index (χ1n) is 7.36. The van der Waals surface area contributed by atoms with Gasteiger partial charge in [-0.2, -0.15) is 0 Å². The minimum atomic E-state index is -0.0499. The Balaban J connectivity index is 2.59. The molecule has 0 radical (unpaired) electrons. The standard InChI is InChI=1S/C19H23ClO/c1-13-7-5-8-14(2)17(13)19(21-12-11-20)18-15(3)9-6-10-16(18)4/h5-10,19H,11-12H2,1-4H3. The third kappa shape index (κ3) is 3.48. The second-order valence-corrected chi connectivity index (χ2v) is 5.93. The lowest BCUT2D eigenvalue weighted by atomic mass is 9.89. The molecule has 0 bridgehead atoms. The monoisotopic (exact) mass is 302 g/mol. The summed E-state index contributed by atoms with van der Waals surface area (Å²) in [6, 6.07) is 12.8. The maximum atomic E-state index is 6.15. The maximum Gasteiger partial charge on any atom is 0.109 e. The van der Waals surface area contributed by atoms with Gasteiger partial charge in [-0.15, -0.1) is 11.6 Å². The molecule has 0 spiro atoms. The van der Waals surface area contributed by atoms with E-state index in [1.54, 1.807) is 0 Å². The fourth-order valence-electron chi connectivity index (χ4n) is 2.96. The lowest BCUT2D eigenvalue weighted by molar-refractivity contribution is 0.0911. The normalized spacial score (nSPS) is 11.1. The SMILES string of the molecule is Cc1cccc(C)c1C(OCCCl)c1c(C)cccc1C. The van der Waals surface area contributed by atoms with Crippen LogP contribution in [0.2, 0.25) is 0 Å². The Hall–Kier alpha value is -1.31. The Kier molecular flexibility index (Phi) is 5.44. The highest BCUT2D eigenvalue weighted by atomic mass is 35.5. The van der Waals surface area contributed by atoms with Crippen LogP contribution in [0.3, 0.4) is 0 Å². The Labute approximate surface area is 132 Å². The Morgan fingerprint density at radius 3 is 1.52 bits per heavy atom. The zero-order chi connectivity index (χ0) is 15.4. The number of halogens is 1. The fraction of sp³-hybridized carbons (Fsp3) is 0.368. The van der Waals surface area contributed by atoms with E-state index < -0.39 is 0 Å². The summed E-state index contributed by atoms with van der Waals surface area (Å²) in [5, 5.41) is 0. The molecule has 0 unspecified atom stereocenters. The van der Waals surface area contributed by atoms with Crippen LogP contribution in [0.5, 0.6) is 0 Å². The van der Waals surface area contributed by atoms with E-state index in [2.05, 4.69) is 64.1 Å². The molecule has 0 saturated heterocycles. The van der Waals surface area contributed by atoms with E-state index in [4.69, 9.17) is 16.3 Å². The highest BCUT2D eigenvalue weighted by Crippen LogP contribution is 2.34. The van der Waals surface area contributed by atoms with Crippen molar-refractivity contribution < 1.29 is 4.74 Å². The van der Waals surface area contributed by atoms with E-state index in [-0.39, 0.29) is 6.10 Å². The number of ether oxygens (including phenoxy) is 1. The highest BCUT2D eigenvalue weighted by Gasteiger charge is 2.22. The van der Waals surface area contributed by atoms with Gasteiger partial charge in [-0.25, -0.2) is 0 Å². The molecule has 21 heavy (non-hydrogen) atoms. The van der Waals surface area contributed by atoms with Crippen molar-refractivity contribution in [1.82, 2.24) is 0 Å². The molecule has 2 aromatic carbocycles. The topological polar surface area (TPSA) is 9.23 Å².